The van der Waals surface area contributed by atoms with E-state index < -0.39 is 12.2 Å². The van der Waals surface area contributed by atoms with Crippen molar-refractivity contribution in [1.82, 2.24) is 0 Å². The van der Waals surface area contributed by atoms with E-state index in [1.54, 1.807) is 0 Å². The highest BCUT2D eigenvalue weighted by molar-refractivity contribution is 5.13. The minimum atomic E-state index is -0.500. The average molecular weight is 290 g/mol. The van der Waals surface area contributed by atoms with Gasteiger partial charge in [-0.05, 0) is 79.4 Å². The lowest BCUT2D eigenvalue weighted by Gasteiger charge is -2.59. The maximum Gasteiger partial charge on any atom is 0.0855 e. The van der Waals surface area contributed by atoms with Gasteiger partial charge >= 0.3 is 0 Å². The molecule has 0 saturated heterocycles. The van der Waals surface area contributed by atoms with Gasteiger partial charge in [0.1, 0.15) is 0 Å². The number of fused-ring (bicyclic) bond motifs is 5. The minimum absolute atomic E-state index is 0.0334. The molecule has 0 heterocycles. The van der Waals surface area contributed by atoms with Gasteiger partial charge in [0.25, 0.3) is 0 Å². The summed E-state index contributed by atoms with van der Waals surface area (Å²) < 4.78 is 0. The Kier molecular flexibility index (Phi) is 3.11. The summed E-state index contributed by atoms with van der Waals surface area (Å²) in [6, 6.07) is 0. The summed E-state index contributed by atoms with van der Waals surface area (Å²) >= 11 is 0. The summed E-state index contributed by atoms with van der Waals surface area (Å²) in [7, 11) is 0. The first-order chi connectivity index (χ1) is 9.97. The predicted molar refractivity (Wildman–Crippen MR) is 83.6 cm³/mol. The molecule has 3 saturated carbocycles. The second-order valence-corrected chi connectivity index (χ2v) is 8.86. The molecule has 8 atom stereocenters. The van der Waals surface area contributed by atoms with Crippen LogP contribution in [0.5, 0.6) is 0 Å². The van der Waals surface area contributed by atoms with E-state index in [9.17, 15) is 10.2 Å². The largest absolute Gasteiger partial charge is 0.390 e. The molecule has 0 aromatic rings. The van der Waals surface area contributed by atoms with E-state index in [0.717, 1.165) is 30.6 Å². The van der Waals surface area contributed by atoms with Gasteiger partial charge in [0.15, 0.2) is 0 Å². The maximum atomic E-state index is 10.5. The molecule has 0 aromatic heterocycles. The molecule has 21 heavy (non-hydrogen) atoms. The zero-order chi connectivity index (χ0) is 14.8. The normalized spacial score (nSPS) is 59.2. The van der Waals surface area contributed by atoms with Crippen molar-refractivity contribution in [2.24, 2.45) is 34.5 Å². The Morgan fingerprint density at radius 1 is 0.952 bits per heavy atom. The fourth-order valence-corrected chi connectivity index (χ4v) is 6.83. The maximum absolute atomic E-state index is 10.5. The third-order valence-corrected chi connectivity index (χ3v) is 8.18. The number of aliphatic hydroxyl groups excluding tert-OH is 2. The summed E-state index contributed by atoms with van der Waals surface area (Å²) in [5.74, 6) is 2.93. The van der Waals surface area contributed by atoms with Gasteiger partial charge in [-0.2, -0.15) is 0 Å². The molecule has 4 aliphatic rings. The van der Waals surface area contributed by atoms with Crippen LogP contribution < -0.4 is 0 Å². The Balaban J connectivity index is 1.67. The molecule has 0 radical (unpaired) electrons. The van der Waals surface area contributed by atoms with Gasteiger partial charge in [0.05, 0.1) is 12.2 Å². The Bertz CT molecular complexity index is 458. The highest BCUT2D eigenvalue weighted by atomic mass is 16.3. The van der Waals surface area contributed by atoms with Crippen LogP contribution in [-0.4, -0.2) is 22.4 Å². The average Bonchev–Trinajstić information content (AvgIpc) is 2.70. The molecule has 3 fully saturated rings. The Morgan fingerprint density at radius 3 is 2.57 bits per heavy atom. The van der Waals surface area contributed by atoms with Gasteiger partial charge in [-0.1, -0.05) is 26.0 Å². The van der Waals surface area contributed by atoms with Crippen molar-refractivity contribution in [3.63, 3.8) is 0 Å². The second-order valence-electron chi connectivity index (χ2n) is 8.86. The third kappa shape index (κ3) is 1.78. The topological polar surface area (TPSA) is 40.5 Å². The van der Waals surface area contributed by atoms with E-state index in [2.05, 4.69) is 26.0 Å². The number of aliphatic hydroxyl groups is 2. The molecule has 0 unspecified atom stereocenters. The van der Waals surface area contributed by atoms with Crippen molar-refractivity contribution in [3.05, 3.63) is 12.2 Å². The van der Waals surface area contributed by atoms with Crippen LogP contribution in [0.25, 0.3) is 0 Å². The Morgan fingerprint density at radius 2 is 1.76 bits per heavy atom. The zero-order valence-corrected chi connectivity index (χ0v) is 13.5. The fraction of sp³-hybridized carbons (Fsp3) is 0.895. The fourth-order valence-electron chi connectivity index (χ4n) is 6.83. The monoisotopic (exact) mass is 290 g/mol. The summed E-state index contributed by atoms with van der Waals surface area (Å²) in [6.07, 6.45) is 12.2. The number of hydrogen-bond donors (Lipinski definition) is 2. The summed E-state index contributed by atoms with van der Waals surface area (Å²) in [5.41, 5.74) is 0.436. The van der Waals surface area contributed by atoms with E-state index >= 15 is 0 Å². The van der Waals surface area contributed by atoms with E-state index in [0.29, 0.717) is 11.3 Å². The summed E-state index contributed by atoms with van der Waals surface area (Å²) in [6.45, 7) is 4.77. The summed E-state index contributed by atoms with van der Waals surface area (Å²) in [4.78, 5) is 0. The molecule has 4 aliphatic carbocycles. The zero-order valence-electron chi connectivity index (χ0n) is 13.5. The van der Waals surface area contributed by atoms with Crippen LogP contribution in [0.1, 0.15) is 58.8 Å². The van der Waals surface area contributed by atoms with Gasteiger partial charge in [-0.25, -0.2) is 0 Å². The van der Waals surface area contributed by atoms with E-state index in [4.69, 9.17) is 0 Å². The SMILES string of the molecule is C[C@]12CC=CC[C@@H]1CC[C@@H]1[C@@H]2CC[C@]2(C)[C@H](O)[C@@H](O)C[C@@H]12. The molecular weight excluding hydrogens is 260 g/mol. The van der Waals surface area contributed by atoms with Crippen LogP contribution in [0.3, 0.4) is 0 Å². The van der Waals surface area contributed by atoms with Crippen molar-refractivity contribution < 1.29 is 10.2 Å². The van der Waals surface area contributed by atoms with Crippen LogP contribution in [0.2, 0.25) is 0 Å². The van der Waals surface area contributed by atoms with Crippen molar-refractivity contribution in [3.8, 4) is 0 Å². The molecule has 0 spiro atoms. The lowest BCUT2D eigenvalue weighted by atomic mass is 9.46. The molecule has 0 bridgehead atoms. The molecule has 118 valence electrons. The third-order valence-electron chi connectivity index (χ3n) is 8.18. The smallest absolute Gasteiger partial charge is 0.0855 e. The van der Waals surface area contributed by atoms with Gasteiger partial charge in [0.2, 0.25) is 0 Å². The predicted octanol–water partition coefficient (Wildman–Crippen LogP) is 3.53. The van der Waals surface area contributed by atoms with Crippen LogP contribution in [0.15, 0.2) is 12.2 Å². The molecule has 0 aliphatic heterocycles. The van der Waals surface area contributed by atoms with Crippen molar-refractivity contribution in [2.45, 2.75) is 71.0 Å². The van der Waals surface area contributed by atoms with Gasteiger partial charge < -0.3 is 10.2 Å². The standard InChI is InChI=1S/C19H30O2/c1-18-9-4-3-5-12(18)6-7-13-14(18)8-10-19(2)15(13)11-16(20)17(19)21/h3-4,12-17,20-21H,5-11H2,1-2H3/t12-,13-,14+,15+,16+,17-,18+,19+/m1/s1. The molecule has 0 amide bonds. The van der Waals surface area contributed by atoms with Crippen LogP contribution >= 0.6 is 0 Å². The first-order valence-electron chi connectivity index (χ1n) is 8.98. The number of allylic oxidation sites excluding steroid dienone is 2. The second kappa shape index (κ2) is 4.58. The van der Waals surface area contributed by atoms with Crippen molar-refractivity contribution in [1.29, 1.82) is 0 Å². The Labute approximate surface area is 128 Å². The van der Waals surface area contributed by atoms with Gasteiger partial charge in [-0.15, -0.1) is 0 Å². The quantitative estimate of drug-likeness (QED) is 0.670. The number of hydrogen-bond acceptors (Lipinski definition) is 2. The highest BCUT2D eigenvalue weighted by Gasteiger charge is 2.61. The van der Waals surface area contributed by atoms with Crippen molar-refractivity contribution in [2.75, 3.05) is 0 Å². The lowest BCUT2D eigenvalue weighted by Crippen LogP contribution is -2.53. The first kappa shape index (κ1) is 14.3. The minimum Gasteiger partial charge on any atom is -0.390 e. The van der Waals surface area contributed by atoms with E-state index in [1.165, 1.54) is 32.1 Å². The van der Waals surface area contributed by atoms with Crippen LogP contribution in [0.4, 0.5) is 0 Å². The van der Waals surface area contributed by atoms with Crippen molar-refractivity contribution >= 4 is 0 Å². The molecule has 2 heteroatoms. The number of rotatable bonds is 0. The molecule has 0 aromatic carbocycles. The van der Waals surface area contributed by atoms with Gasteiger partial charge in [-0.3, -0.25) is 0 Å². The first-order valence-corrected chi connectivity index (χ1v) is 8.98. The highest BCUT2D eigenvalue weighted by Crippen LogP contribution is 2.65. The molecule has 2 N–H and O–H groups in total. The molecule has 4 rings (SSSR count). The van der Waals surface area contributed by atoms with Gasteiger partial charge in [0, 0.05) is 0 Å². The molecular formula is C19H30O2. The summed E-state index contributed by atoms with van der Waals surface area (Å²) in [5, 5.41) is 20.7. The van der Waals surface area contributed by atoms with E-state index in [-0.39, 0.29) is 5.41 Å². The lowest BCUT2D eigenvalue weighted by molar-refractivity contribution is -0.113. The van der Waals surface area contributed by atoms with E-state index in [1.807, 2.05) is 0 Å². The van der Waals surface area contributed by atoms with Crippen LogP contribution in [0, 0.1) is 34.5 Å². The molecule has 2 nitrogen and oxygen atoms in total. The van der Waals surface area contributed by atoms with Crippen LogP contribution in [-0.2, 0) is 0 Å². The Hall–Kier alpha value is -0.340.